The molecule has 3 rings (SSSR count). The van der Waals surface area contributed by atoms with E-state index < -0.39 is 0 Å². The molecule has 2 N–H and O–H groups in total. The number of nitrogens with one attached hydrogen (secondary N) is 1. The van der Waals surface area contributed by atoms with Gasteiger partial charge in [-0.2, -0.15) is 0 Å². The van der Waals surface area contributed by atoms with Gasteiger partial charge >= 0.3 is 0 Å². The van der Waals surface area contributed by atoms with Gasteiger partial charge in [0.15, 0.2) is 0 Å². The number of hydrogen-bond donors (Lipinski definition) is 2. The second kappa shape index (κ2) is 6.72. The number of anilines is 1. The minimum absolute atomic E-state index is 0.0110. The fraction of sp³-hybridized carbons (Fsp3) is 0.500. The zero-order valence-corrected chi connectivity index (χ0v) is 13.8. The molecule has 2 heterocycles. The number of aromatic nitrogens is 1. The number of aryl methyl sites for hydroxylation is 1. The number of aliphatic hydroxyl groups excluding tert-OH is 1. The summed E-state index contributed by atoms with van der Waals surface area (Å²) in [6.07, 6.45) is 1.73. The normalized spacial score (nSPS) is 20.8. The van der Waals surface area contributed by atoms with E-state index in [4.69, 9.17) is 9.47 Å². The lowest BCUT2D eigenvalue weighted by atomic mass is 9.84. The zero-order valence-electron chi connectivity index (χ0n) is 13.8. The number of benzene rings is 1. The van der Waals surface area contributed by atoms with Crippen LogP contribution in [0.25, 0.3) is 10.9 Å². The third-order valence-corrected chi connectivity index (χ3v) is 4.63. The van der Waals surface area contributed by atoms with Crippen molar-refractivity contribution in [2.24, 2.45) is 5.41 Å². The van der Waals surface area contributed by atoms with Gasteiger partial charge in [0.1, 0.15) is 11.3 Å². The van der Waals surface area contributed by atoms with Crippen molar-refractivity contribution in [1.29, 1.82) is 0 Å². The molecule has 0 saturated carbocycles. The van der Waals surface area contributed by atoms with Crippen LogP contribution < -0.4 is 10.1 Å². The molecular formula is C18H24N2O3. The Morgan fingerprint density at radius 3 is 3.00 bits per heavy atom. The molecule has 1 aromatic carbocycles. The first-order valence-electron chi connectivity index (χ1n) is 8.04. The van der Waals surface area contributed by atoms with Gasteiger partial charge in [0.25, 0.3) is 0 Å². The van der Waals surface area contributed by atoms with Crippen molar-refractivity contribution >= 4 is 16.6 Å². The summed E-state index contributed by atoms with van der Waals surface area (Å²) in [4.78, 5) is 4.61. The first-order valence-corrected chi connectivity index (χ1v) is 8.04. The van der Waals surface area contributed by atoms with E-state index in [0.717, 1.165) is 54.0 Å². The molecule has 0 bridgehead atoms. The van der Waals surface area contributed by atoms with Gasteiger partial charge in [-0.05, 0) is 31.9 Å². The largest absolute Gasteiger partial charge is 0.494 e. The summed E-state index contributed by atoms with van der Waals surface area (Å²) in [5.41, 5.74) is 2.88. The van der Waals surface area contributed by atoms with Crippen molar-refractivity contribution in [1.82, 2.24) is 4.98 Å². The van der Waals surface area contributed by atoms with Crippen LogP contribution in [-0.4, -0.2) is 43.6 Å². The number of nitrogens with zero attached hydrogens (tertiary/aromatic N) is 1. The molecule has 1 fully saturated rings. The molecule has 1 aliphatic rings. The Morgan fingerprint density at radius 2 is 2.30 bits per heavy atom. The maximum absolute atomic E-state index is 9.36. The van der Waals surface area contributed by atoms with Crippen LogP contribution in [0, 0.1) is 12.3 Å². The fourth-order valence-corrected chi connectivity index (χ4v) is 3.26. The van der Waals surface area contributed by atoms with Crippen LogP contribution in [0.3, 0.4) is 0 Å². The third-order valence-electron chi connectivity index (χ3n) is 4.63. The molecule has 5 nitrogen and oxygen atoms in total. The zero-order chi connectivity index (χ0) is 16.3. The second-order valence-electron chi connectivity index (χ2n) is 6.30. The van der Waals surface area contributed by atoms with E-state index in [-0.39, 0.29) is 12.0 Å². The Hall–Kier alpha value is -1.85. The minimum atomic E-state index is 0.0110. The van der Waals surface area contributed by atoms with Gasteiger partial charge in [-0.25, -0.2) is 4.98 Å². The van der Waals surface area contributed by atoms with Crippen LogP contribution in [0.2, 0.25) is 0 Å². The molecule has 5 heteroatoms. The topological polar surface area (TPSA) is 63.6 Å². The van der Waals surface area contributed by atoms with Crippen molar-refractivity contribution in [2.75, 3.05) is 38.8 Å². The van der Waals surface area contributed by atoms with E-state index in [1.54, 1.807) is 7.11 Å². The Kier molecular flexibility index (Phi) is 4.68. The molecule has 2 aromatic rings. The van der Waals surface area contributed by atoms with Gasteiger partial charge in [-0.15, -0.1) is 0 Å². The Bertz CT molecular complexity index is 681. The Balaban J connectivity index is 1.90. The lowest BCUT2D eigenvalue weighted by molar-refractivity contribution is 0.133. The van der Waals surface area contributed by atoms with Crippen LogP contribution in [-0.2, 0) is 4.74 Å². The van der Waals surface area contributed by atoms with E-state index >= 15 is 0 Å². The number of methoxy groups -OCH3 is 1. The number of para-hydroxylation sites is 1. The Labute approximate surface area is 136 Å². The maximum atomic E-state index is 9.36. The quantitative estimate of drug-likeness (QED) is 0.858. The summed E-state index contributed by atoms with van der Waals surface area (Å²) < 4.78 is 11.0. The molecule has 1 aliphatic heterocycles. The van der Waals surface area contributed by atoms with E-state index in [0.29, 0.717) is 6.61 Å². The molecule has 1 atom stereocenters. The van der Waals surface area contributed by atoms with Crippen molar-refractivity contribution in [3.05, 3.63) is 30.0 Å². The van der Waals surface area contributed by atoms with Gasteiger partial charge in [0.2, 0.25) is 0 Å². The highest BCUT2D eigenvalue weighted by Gasteiger charge is 2.34. The molecule has 1 saturated heterocycles. The average molecular weight is 316 g/mol. The van der Waals surface area contributed by atoms with Crippen molar-refractivity contribution in [3.8, 4) is 5.75 Å². The summed E-state index contributed by atoms with van der Waals surface area (Å²) in [5.74, 6) is 0.781. The highest BCUT2D eigenvalue weighted by Crippen LogP contribution is 2.35. The van der Waals surface area contributed by atoms with Crippen molar-refractivity contribution < 1.29 is 14.6 Å². The second-order valence-corrected chi connectivity index (χ2v) is 6.30. The smallest absolute Gasteiger partial charge is 0.145 e. The SMILES string of the molecule is COc1cccc2c(NCC3(CCO)CCOC3)cc(C)nc12. The summed E-state index contributed by atoms with van der Waals surface area (Å²) in [7, 11) is 1.66. The summed E-state index contributed by atoms with van der Waals surface area (Å²) >= 11 is 0. The third kappa shape index (κ3) is 3.26. The standard InChI is InChI=1S/C18H24N2O3/c1-13-10-15(14-4-3-5-16(22-2)17(14)20-13)19-11-18(6-8-21)7-9-23-12-18/h3-5,10,21H,6-9,11-12H2,1-2H3,(H,19,20). The fourth-order valence-electron chi connectivity index (χ4n) is 3.26. The summed E-state index contributed by atoms with van der Waals surface area (Å²) in [5, 5.41) is 14.0. The van der Waals surface area contributed by atoms with Crippen LogP contribution in [0.15, 0.2) is 24.3 Å². The molecule has 0 aliphatic carbocycles. The van der Waals surface area contributed by atoms with Gasteiger partial charge in [-0.3, -0.25) is 0 Å². The molecule has 124 valence electrons. The molecule has 1 unspecified atom stereocenters. The van der Waals surface area contributed by atoms with Gasteiger partial charge in [0, 0.05) is 41.9 Å². The van der Waals surface area contributed by atoms with E-state index in [1.165, 1.54) is 0 Å². The highest BCUT2D eigenvalue weighted by molar-refractivity contribution is 5.95. The minimum Gasteiger partial charge on any atom is -0.494 e. The van der Waals surface area contributed by atoms with Gasteiger partial charge < -0.3 is 19.9 Å². The number of fused-ring (bicyclic) bond motifs is 1. The van der Waals surface area contributed by atoms with Crippen LogP contribution >= 0.6 is 0 Å². The monoisotopic (exact) mass is 316 g/mol. The number of rotatable bonds is 6. The van der Waals surface area contributed by atoms with Crippen molar-refractivity contribution in [3.63, 3.8) is 0 Å². The summed E-state index contributed by atoms with van der Waals surface area (Å²) in [6.45, 7) is 4.43. The molecule has 0 amide bonds. The van der Waals surface area contributed by atoms with E-state index in [9.17, 15) is 5.11 Å². The lowest BCUT2D eigenvalue weighted by Gasteiger charge is -2.27. The van der Waals surface area contributed by atoms with Gasteiger partial charge in [-0.1, -0.05) is 12.1 Å². The maximum Gasteiger partial charge on any atom is 0.145 e. The van der Waals surface area contributed by atoms with Crippen LogP contribution in [0.1, 0.15) is 18.5 Å². The Morgan fingerprint density at radius 1 is 1.43 bits per heavy atom. The number of pyridine rings is 1. The van der Waals surface area contributed by atoms with Crippen LogP contribution in [0.4, 0.5) is 5.69 Å². The predicted molar refractivity (Wildman–Crippen MR) is 91.1 cm³/mol. The number of hydrogen-bond acceptors (Lipinski definition) is 5. The molecule has 1 aromatic heterocycles. The van der Waals surface area contributed by atoms with Crippen molar-refractivity contribution in [2.45, 2.75) is 19.8 Å². The predicted octanol–water partition coefficient (Wildman–Crippen LogP) is 2.75. The van der Waals surface area contributed by atoms with E-state index in [2.05, 4.69) is 22.4 Å². The van der Waals surface area contributed by atoms with E-state index in [1.807, 2.05) is 19.1 Å². The lowest BCUT2D eigenvalue weighted by Crippen LogP contribution is -2.31. The highest BCUT2D eigenvalue weighted by atomic mass is 16.5. The first-order chi connectivity index (χ1) is 11.2. The molecule has 0 spiro atoms. The molecular weight excluding hydrogens is 292 g/mol. The van der Waals surface area contributed by atoms with Crippen LogP contribution in [0.5, 0.6) is 5.75 Å². The average Bonchev–Trinajstić information content (AvgIpc) is 3.01. The number of aliphatic hydroxyl groups is 1. The number of ether oxygens (including phenoxy) is 2. The molecule has 23 heavy (non-hydrogen) atoms. The summed E-state index contributed by atoms with van der Waals surface area (Å²) in [6, 6.07) is 8.02. The first kappa shape index (κ1) is 16.0. The molecule has 0 radical (unpaired) electrons. The van der Waals surface area contributed by atoms with Gasteiger partial charge in [0.05, 0.1) is 13.7 Å².